The Bertz CT molecular complexity index is 491. The Morgan fingerprint density at radius 1 is 1.33 bits per heavy atom. The number of nitrogens with two attached hydrogens (primary N) is 1. The average Bonchev–Trinajstić information content (AvgIpc) is 2.74. The fraction of sp³-hybridized carbons (Fsp3) is 0. The van der Waals surface area contributed by atoms with E-state index in [0.717, 1.165) is 0 Å². The van der Waals surface area contributed by atoms with Crippen molar-refractivity contribution in [3.05, 3.63) is 52.9 Å². The predicted octanol–water partition coefficient (Wildman–Crippen LogP) is 2.75. The highest BCUT2D eigenvalue weighted by atomic mass is 35.5. The zero-order valence-electron chi connectivity index (χ0n) is 7.74. The Labute approximate surface area is 91.5 Å². The first-order valence-corrected chi connectivity index (χ1v) is 4.69. The Hall–Kier alpha value is -1.74. The maximum Gasteiger partial charge on any atom is 0.228 e. The van der Waals surface area contributed by atoms with Crippen LogP contribution >= 0.6 is 11.6 Å². The van der Waals surface area contributed by atoms with Gasteiger partial charge in [0.2, 0.25) is 5.78 Å². The Balaban J connectivity index is 2.39. The first-order chi connectivity index (χ1) is 7.18. The first-order valence-electron chi connectivity index (χ1n) is 4.31. The molecule has 0 saturated carbocycles. The van der Waals surface area contributed by atoms with Crippen LogP contribution in [-0.4, -0.2) is 5.78 Å². The molecule has 0 aliphatic heterocycles. The number of halogens is 1. The minimum atomic E-state index is -0.207. The molecule has 0 fully saturated rings. The minimum Gasteiger partial charge on any atom is -0.461 e. The van der Waals surface area contributed by atoms with Gasteiger partial charge in [0, 0.05) is 5.56 Å². The van der Waals surface area contributed by atoms with E-state index < -0.39 is 0 Å². The minimum absolute atomic E-state index is 0.207. The van der Waals surface area contributed by atoms with Crippen LogP contribution in [0.1, 0.15) is 16.1 Å². The van der Waals surface area contributed by atoms with E-state index >= 15 is 0 Å². The van der Waals surface area contributed by atoms with Crippen molar-refractivity contribution in [1.29, 1.82) is 0 Å². The average molecular weight is 222 g/mol. The quantitative estimate of drug-likeness (QED) is 0.627. The second-order valence-corrected chi connectivity index (χ2v) is 3.45. The van der Waals surface area contributed by atoms with Gasteiger partial charge in [0.15, 0.2) is 5.76 Å². The molecule has 76 valence electrons. The van der Waals surface area contributed by atoms with Crippen molar-refractivity contribution in [3.8, 4) is 0 Å². The number of carbonyl (C=O) groups excluding carboxylic acids is 1. The molecule has 4 heteroatoms. The van der Waals surface area contributed by atoms with Crippen LogP contribution in [0.2, 0.25) is 5.02 Å². The molecule has 0 aliphatic carbocycles. The zero-order chi connectivity index (χ0) is 10.8. The summed E-state index contributed by atoms with van der Waals surface area (Å²) in [6.07, 6.45) is 1.45. The SMILES string of the molecule is Nc1ccc(C(=O)c2ccco2)cc1Cl. The van der Waals surface area contributed by atoms with E-state index in [9.17, 15) is 4.79 Å². The van der Waals surface area contributed by atoms with E-state index in [1.807, 2.05) is 0 Å². The topological polar surface area (TPSA) is 56.2 Å². The van der Waals surface area contributed by atoms with Gasteiger partial charge in [-0.3, -0.25) is 4.79 Å². The summed E-state index contributed by atoms with van der Waals surface area (Å²) >= 11 is 5.81. The fourth-order valence-corrected chi connectivity index (χ4v) is 1.40. The lowest BCUT2D eigenvalue weighted by Gasteiger charge is -2.00. The van der Waals surface area contributed by atoms with Gasteiger partial charge in [-0.1, -0.05) is 11.6 Å². The van der Waals surface area contributed by atoms with E-state index in [1.165, 1.54) is 12.3 Å². The second kappa shape index (κ2) is 3.79. The molecular weight excluding hydrogens is 214 g/mol. The molecule has 2 N–H and O–H groups in total. The smallest absolute Gasteiger partial charge is 0.228 e. The third-order valence-corrected chi connectivity index (χ3v) is 2.33. The molecule has 0 aliphatic rings. The number of nitrogen functional groups attached to an aromatic ring is 1. The van der Waals surface area contributed by atoms with E-state index in [1.54, 1.807) is 24.3 Å². The van der Waals surface area contributed by atoms with Crippen molar-refractivity contribution < 1.29 is 9.21 Å². The van der Waals surface area contributed by atoms with Gasteiger partial charge < -0.3 is 10.2 Å². The van der Waals surface area contributed by atoms with Gasteiger partial charge in [-0.25, -0.2) is 0 Å². The number of benzene rings is 1. The predicted molar refractivity (Wildman–Crippen MR) is 58.0 cm³/mol. The molecule has 0 spiro atoms. The number of furan rings is 1. The van der Waals surface area contributed by atoms with Crippen LogP contribution in [0.5, 0.6) is 0 Å². The lowest BCUT2D eigenvalue weighted by atomic mass is 10.1. The number of rotatable bonds is 2. The third kappa shape index (κ3) is 1.87. The number of ketones is 1. The summed E-state index contributed by atoms with van der Waals surface area (Å²) in [4.78, 5) is 11.8. The molecule has 0 amide bonds. The van der Waals surface area contributed by atoms with Crippen molar-refractivity contribution in [2.45, 2.75) is 0 Å². The summed E-state index contributed by atoms with van der Waals surface area (Å²) in [7, 11) is 0. The number of anilines is 1. The molecule has 0 atom stereocenters. The summed E-state index contributed by atoms with van der Waals surface area (Å²) in [6, 6.07) is 8.01. The van der Waals surface area contributed by atoms with Crippen molar-refractivity contribution in [2.75, 3.05) is 5.73 Å². The van der Waals surface area contributed by atoms with E-state index in [2.05, 4.69) is 0 Å². The summed E-state index contributed by atoms with van der Waals surface area (Å²) in [5, 5.41) is 0.368. The molecular formula is C11H8ClNO2. The molecule has 2 rings (SSSR count). The van der Waals surface area contributed by atoms with Crippen molar-refractivity contribution in [2.24, 2.45) is 0 Å². The standard InChI is InChI=1S/C11H8ClNO2/c12-8-6-7(3-4-9(8)13)11(14)10-2-1-5-15-10/h1-6H,13H2. The van der Waals surface area contributed by atoms with Crippen LogP contribution in [0.3, 0.4) is 0 Å². The molecule has 2 aromatic rings. The molecule has 0 radical (unpaired) electrons. The maximum absolute atomic E-state index is 11.8. The van der Waals surface area contributed by atoms with Crippen LogP contribution < -0.4 is 5.73 Å². The lowest BCUT2D eigenvalue weighted by Crippen LogP contribution is -2.00. The van der Waals surface area contributed by atoms with E-state index in [-0.39, 0.29) is 11.5 Å². The highest BCUT2D eigenvalue weighted by Crippen LogP contribution is 2.21. The van der Waals surface area contributed by atoms with Gasteiger partial charge in [-0.15, -0.1) is 0 Å². The second-order valence-electron chi connectivity index (χ2n) is 3.04. The van der Waals surface area contributed by atoms with Gasteiger partial charge in [0.1, 0.15) is 0 Å². The van der Waals surface area contributed by atoms with Crippen LogP contribution in [0, 0.1) is 0 Å². The molecule has 1 aromatic heterocycles. The summed E-state index contributed by atoms with van der Waals surface area (Å²) < 4.78 is 5.00. The molecule has 3 nitrogen and oxygen atoms in total. The Kier molecular flexibility index (Phi) is 2.47. The van der Waals surface area contributed by atoms with E-state index in [4.69, 9.17) is 21.8 Å². The molecule has 0 saturated heterocycles. The number of carbonyl (C=O) groups is 1. The van der Waals surface area contributed by atoms with E-state index in [0.29, 0.717) is 16.3 Å². The van der Waals surface area contributed by atoms with Gasteiger partial charge in [0.25, 0.3) is 0 Å². The molecule has 0 unspecified atom stereocenters. The fourth-order valence-electron chi connectivity index (χ4n) is 1.22. The van der Waals surface area contributed by atoms with Crippen molar-refractivity contribution in [3.63, 3.8) is 0 Å². The summed E-state index contributed by atoms with van der Waals surface area (Å²) in [5.74, 6) is 0.0812. The van der Waals surface area contributed by atoms with Crippen LogP contribution in [-0.2, 0) is 0 Å². The van der Waals surface area contributed by atoms with Gasteiger partial charge >= 0.3 is 0 Å². The highest BCUT2D eigenvalue weighted by molar-refractivity contribution is 6.33. The van der Waals surface area contributed by atoms with Gasteiger partial charge in [-0.2, -0.15) is 0 Å². The van der Waals surface area contributed by atoms with Gasteiger partial charge in [0.05, 0.1) is 17.0 Å². The van der Waals surface area contributed by atoms with Crippen LogP contribution in [0.4, 0.5) is 5.69 Å². The molecule has 0 bridgehead atoms. The van der Waals surface area contributed by atoms with Crippen LogP contribution in [0.25, 0.3) is 0 Å². The third-order valence-electron chi connectivity index (χ3n) is 2.01. The summed E-state index contributed by atoms with van der Waals surface area (Å²) in [6.45, 7) is 0. The maximum atomic E-state index is 11.8. The molecule has 1 heterocycles. The summed E-state index contributed by atoms with van der Waals surface area (Å²) in [5.41, 5.74) is 6.45. The normalized spacial score (nSPS) is 10.2. The first kappa shape index (κ1) is 9.80. The Morgan fingerprint density at radius 3 is 2.73 bits per heavy atom. The Morgan fingerprint density at radius 2 is 2.13 bits per heavy atom. The molecule has 1 aromatic carbocycles. The molecule has 15 heavy (non-hydrogen) atoms. The lowest BCUT2D eigenvalue weighted by molar-refractivity contribution is 0.101. The monoisotopic (exact) mass is 221 g/mol. The zero-order valence-corrected chi connectivity index (χ0v) is 8.49. The highest BCUT2D eigenvalue weighted by Gasteiger charge is 2.12. The van der Waals surface area contributed by atoms with Crippen molar-refractivity contribution in [1.82, 2.24) is 0 Å². The van der Waals surface area contributed by atoms with Crippen molar-refractivity contribution >= 4 is 23.1 Å². The van der Waals surface area contributed by atoms with Gasteiger partial charge in [-0.05, 0) is 30.3 Å². The largest absolute Gasteiger partial charge is 0.461 e. The number of hydrogen-bond donors (Lipinski definition) is 1. The van der Waals surface area contributed by atoms with Crippen LogP contribution in [0.15, 0.2) is 41.0 Å². The number of hydrogen-bond acceptors (Lipinski definition) is 3.